The Kier molecular flexibility index (Phi) is 4.46. The second kappa shape index (κ2) is 6.37. The Morgan fingerprint density at radius 3 is 2.78 bits per heavy atom. The quantitative estimate of drug-likeness (QED) is 0.619. The van der Waals surface area contributed by atoms with Crippen molar-refractivity contribution in [1.29, 1.82) is 0 Å². The number of alkyl halides is 1. The first-order valence-corrected chi connectivity index (χ1v) is 7.91. The Morgan fingerprint density at radius 1 is 1.52 bits per heavy atom. The maximum absolute atomic E-state index is 11.9. The number of hydrogen-bond donors (Lipinski definition) is 0. The molecule has 0 aliphatic carbocycles. The third-order valence-corrected chi connectivity index (χ3v) is 4.22. The Balaban J connectivity index is 2.19. The maximum Gasteiger partial charge on any atom is 0.338 e. The maximum atomic E-state index is 11.9. The van der Waals surface area contributed by atoms with E-state index in [2.05, 4.69) is 4.98 Å². The minimum Gasteiger partial charge on any atom is -0.494 e. The van der Waals surface area contributed by atoms with Crippen LogP contribution in [0.2, 0.25) is 0 Å². The van der Waals surface area contributed by atoms with E-state index >= 15 is 0 Å². The van der Waals surface area contributed by atoms with Crippen LogP contribution in [0.3, 0.4) is 0 Å². The average Bonchev–Trinajstić information content (AvgIpc) is 2.87. The van der Waals surface area contributed by atoms with Gasteiger partial charge in [0.2, 0.25) is 0 Å². The molecule has 2 atom stereocenters. The van der Waals surface area contributed by atoms with Crippen LogP contribution in [-0.4, -0.2) is 42.5 Å². The molecule has 0 bridgehead atoms. The molecule has 1 aliphatic rings. The summed E-state index contributed by atoms with van der Waals surface area (Å²) in [5, 5.41) is -0.270. The van der Waals surface area contributed by atoms with Crippen LogP contribution in [-0.2, 0) is 16.0 Å². The van der Waals surface area contributed by atoms with Gasteiger partial charge in [-0.25, -0.2) is 9.78 Å². The van der Waals surface area contributed by atoms with Crippen molar-refractivity contribution in [1.82, 2.24) is 9.55 Å². The molecule has 0 amide bonds. The third-order valence-electron chi connectivity index (χ3n) is 4.02. The minimum absolute atomic E-state index is 0.148. The average molecular weight is 339 g/mol. The van der Waals surface area contributed by atoms with Gasteiger partial charge in [0, 0.05) is 6.61 Å². The van der Waals surface area contributed by atoms with E-state index in [1.165, 1.54) is 7.11 Å². The number of carbonyl (C=O) groups excluding carboxylic acids is 1. The number of fused-ring (bicyclic) bond motifs is 1. The van der Waals surface area contributed by atoms with Gasteiger partial charge in [-0.15, -0.1) is 11.6 Å². The summed E-state index contributed by atoms with van der Waals surface area (Å²) in [6, 6.07) is 3.39. The molecule has 1 unspecified atom stereocenters. The van der Waals surface area contributed by atoms with Crippen molar-refractivity contribution < 1.29 is 19.0 Å². The summed E-state index contributed by atoms with van der Waals surface area (Å²) in [6.07, 6.45) is 1.15. The summed E-state index contributed by atoms with van der Waals surface area (Å²) >= 11 is 6.29. The van der Waals surface area contributed by atoms with Gasteiger partial charge in [-0.05, 0) is 25.5 Å². The van der Waals surface area contributed by atoms with Gasteiger partial charge in [0.15, 0.2) is 0 Å². The van der Waals surface area contributed by atoms with E-state index < -0.39 is 5.97 Å². The van der Waals surface area contributed by atoms with Crippen molar-refractivity contribution in [3.05, 3.63) is 23.5 Å². The number of rotatable bonds is 5. The lowest BCUT2D eigenvalue weighted by Gasteiger charge is -2.27. The van der Waals surface area contributed by atoms with Crippen LogP contribution in [0.25, 0.3) is 11.0 Å². The molecule has 2 aromatic rings. The number of benzene rings is 1. The Hall–Kier alpha value is -1.79. The summed E-state index contributed by atoms with van der Waals surface area (Å²) in [7, 11) is 2.90. The molecule has 1 aromatic heterocycles. The summed E-state index contributed by atoms with van der Waals surface area (Å²) in [4.78, 5) is 16.5. The first kappa shape index (κ1) is 16.1. The highest BCUT2D eigenvalue weighted by molar-refractivity contribution is 6.20. The van der Waals surface area contributed by atoms with Crippen LogP contribution >= 0.6 is 11.6 Å². The summed E-state index contributed by atoms with van der Waals surface area (Å²) in [5.41, 5.74) is 1.89. The molecule has 0 spiro atoms. The van der Waals surface area contributed by atoms with Crippen molar-refractivity contribution in [2.75, 3.05) is 20.8 Å². The zero-order valence-corrected chi connectivity index (χ0v) is 14.1. The molecular formula is C16H19ClN2O4. The Bertz CT molecular complexity index is 737. The number of carbonyl (C=O) groups is 1. The summed E-state index contributed by atoms with van der Waals surface area (Å²) < 4.78 is 17.7. The van der Waals surface area contributed by atoms with Gasteiger partial charge in [-0.2, -0.15) is 0 Å². The lowest BCUT2D eigenvalue weighted by molar-refractivity contribution is -0.0590. The van der Waals surface area contributed by atoms with Crippen LogP contribution in [0.4, 0.5) is 0 Å². The van der Waals surface area contributed by atoms with E-state index in [0.717, 1.165) is 24.4 Å². The molecule has 23 heavy (non-hydrogen) atoms. The van der Waals surface area contributed by atoms with E-state index in [4.69, 9.17) is 25.8 Å². The van der Waals surface area contributed by atoms with Crippen LogP contribution in [0.1, 0.15) is 34.9 Å². The molecule has 1 fully saturated rings. The monoisotopic (exact) mass is 338 g/mol. The molecule has 2 heterocycles. The van der Waals surface area contributed by atoms with Gasteiger partial charge in [0.1, 0.15) is 17.1 Å². The van der Waals surface area contributed by atoms with E-state index in [0.29, 0.717) is 23.4 Å². The first-order chi connectivity index (χ1) is 11.0. The normalized spacial score (nSPS) is 18.5. The second-order valence-corrected chi connectivity index (χ2v) is 6.17. The summed E-state index contributed by atoms with van der Waals surface area (Å²) in [5.74, 6) is 0.838. The predicted molar refractivity (Wildman–Crippen MR) is 86.2 cm³/mol. The fourth-order valence-corrected chi connectivity index (χ4v) is 2.90. The first-order valence-electron chi connectivity index (χ1n) is 7.47. The van der Waals surface area contributed by atoms with Crippen molar-refractivity contribution in [3.8, 4) is 5.75 Å². The number of methoxy groups -OCH3 is 2. The number of hydrogen-bond acceptors (Lipinski definition) is 5. The number of halogens is 1. The molecule has 0 saturated carbocycles. The number of ether oxygens (including phenoxy) is 3. The van der Waals surface area contributed by atoms with Crippen LogP contribution in [0.15, 0.2) is 12.1 Å². The fraction of sp³-hybridized carbons (Fsp3) is 0.500. The number of nitrogens with zero attached hydrogens (tertiary/aromatic N) is 2. The molecular weight excluding hydrogens is 320 g/mol. The highest BCUT2D eigenvalue weighted by atomic mass is 35.5. The van der Waals surface area contributed by atoms with Crippen molar-refractivity contribution >= 4 is 28.6 Å². The van der Waals surface area contributed by atoms with Gasteiger partial charge >= 0.3 is 5.97 Å². The topological polar surface area (TPSA) is 62.6 Å². The molecule has 3 rings (SSSR count). The molecule has 0 radical (unpaired) electrons. The van der Waals surface area contributed by atoms with Crippen molar-refractivity contribution in [2.45, 2.75) is 31.4 Å². The second-order valence-electron chi connectivity index (χ2n) is 5.52. The lowest BCUT2D eigenvalue weighted by Crippen LogP contribution is -2.31. The molecule has 1 aliphatic heterocycles. The van der Waals surface area contributed by atoms with Crippen LogP contribution in [0.5, 0.6) is 5.75 Å². The van der Waals surface area contributed by atoms with Crippen molar-refractivity contribution in [3.63, 3.8) is 0 Å². The number of esters is 1. The standard InChI is InChI=1S/C16H19ClN2O4/c1-9(17)15-18-14-12(19(15)8-11-4-5-23-11)6-10(16(20)22-3)7-13(14)21-2/h6-7,9,11H,4-5,8H2,1-3H3/t9?,11-/m0/s1. The van der Waals surface area contributed by atoms with Gasteiger partial charge < -0.3 is 18.8 Å². The molecule has 0 N–H and O–H groups in total. The van der Waals surface area contributed by atoms with E-state index in [-0.39, 0.29) is 11.5 Å². The molecule has 1 saturated heterocycles. The number of imidazole rings is 1. The van der Waals surface area contributed by atoms with Crippen molar-refractivity contribution in [2.24, 2.45) is 0 Å². The SMILES string of the molecule is COC(=O)c1cc(OC)c2nc(C(C)Cl)n(C[C@@H]3CCO3)c2c1. The van der Waals surface area contributed by atoms with Gasteiger partial charge in [-0.3, -0.25) is 0 Å². The van der Waals surface area contributed by atoms with E-state index in [1.54, 1.807) is 19.2 Å². The smallest absolute Gasteiger partial charge is 0.338 e. The molecule has 6 nitrogen and oxygen atoms in total. The number of aromatic nitrogens is 2. The largest absolute Gasteiger partial charge is 0.494 e. The van der Waals surface area contributed by atoms with Gasteiger partial charge in [-0.1, -0.05) is 0 Å². The molecule has 7 heteroatoms. The van der Waals surface area contributed by atoms with E-state index in [1.807, 2.05) is 11.5 Å². The Morgan fingerprint density at radius 2 is 2.26 bits per heavy atom. The minimum atomic E-state index is -0.418. The molecule has 1 aromatic carbocycles. The Labute approximate surface area is 139 Å². The lowest BCUT2D eigenvalue weighted by atomic mass is 10.1. The van der Waals surface area contributed by atoms with E-state index in [9.17, 15) is 4.79 Å². The highest BCUT2D eigenvalue weighted by Gasteiger charge is 2.25. The summed E-state index contributed by atoms with van der Waals surface area (Å²) in [6.45, 7) is 3.30. The van der Waals surface area contributed by atoms with Gasteiger partial charge in [0.05, 0.1) is 43.3 Å². The van der Waals surface area contributed by atoms with Crippen LogP contribution in [0, 0.1) is 0 Å². The third kappa shape index (κ3) is 2.88. The fourth-order valence-electron chi connectivity index (χ4n) is 2.73. The zero-order chi connectivity index (χ0) is 16.6. The zero-order valence-electron chi connectivity index (χ0n) is 13.3. The predicted octanol–water partition coefficient (Wildman–Crippen LogP) is 2.92. The molecule has 124 valence electrons. The highest BCUT2D eigenvalue weighted by Crippen LogP contribution is 2.33. The van der Waals surface area contributed by atoms with Crippen LogP contribution < -0.4 is 4.74 Å². The van der Waals surface area contributed by atoms with Gasteiger partial charge in [0.25, 0.3) is 0 Å².